The molecule has 0 saturated heterocycles. The van der Waals surface area contributed by atoms with E-state index in [1.54, 1.807) is 18.4 Å². The Kier molecular flexibility index (Phi) is 6.84. The number of nitrogens with zero attached hydrogens (tertiary/aromatic N) is 3. The summed E-state index contributed by atoms with van der Waals surface area (Å²) in [4.78, 5) is 24.3. The van der Waals surface area contributed by atoms with Crippen LogP contribution in [0.15, 0.2) is 76.5 Å². The van der Waals surface area contributed by atoms with Gasteiger partial charge in [-0.15, -0.1) is 10.2 Å². The average Bonchev–Trinajstić information content (AvgIpc) is 3.49. The van der Waals surface area contributed by atoms with Gasteiger partial charge < -0.3 is 15.1 Å². The molecule has 33 heavy (non-hydrogen) atoms. The van der Waals surface area contributed by atoms with Gasteiger partial charge in [-0.1, -0.05) is 42.1 Å². The third-order valence-corrected chi connectivity index (χ3v) is 5.66. The minimum atomic E-state index is -0.666. The zero-order valence-electron chi connectivity index (χ0n) is 17.6. The van der Waals surface area contributed by atoms with Gasteiger partial charge in [0, 0.05) is 12.7 Å². The molecule has 2 N–H and O–H groups in total. The molecule has 0 radical (unpaired) electrons. The largest absolute Gasteiger partial charge is 0.461 e. The van der Waals surface area contributed by atoms with Crippen molar-refractivity contribution < 1.29 is 18.4 Å². The van der Waals surface area contributed by atoms with Crippen molar-refractivity contribution in [2.75, 3.05) is 18.1 Å². The second-order valence-corrected chi connectivity index (χ2v) is 7.91. The van der Waals surface area contributed by atoms with E-state index < -0.39 is 11.7 Å². The van der Waals surface area contributed by atoms with Crippen LogP contribution in [0.4, 0.5) is 10.1 Å². The predicted octanol–water partition coefficient (Wildman–Crippen LogP) is 3.82. The summed E-state index contributed by atoms with van der Waals surface area (Å²) in [7, 11) is 1.41. The van der Waals surface area contributed by atoms with Gasteiger partial charge in [0.25, 0.3) is 5.91 Å². The molecule has 2 amide bonds. The molecule has 168 valence electrons. The molecule has 0 unspecified atom stereocenters. The average molecular weight is 466 g/mol. The van der Waals surface area contributed by atoms with E-state index in [1.807, 2.05) is 34.9 Å². The molecule has 2 heterocycles. The summed E-state index contributed by atoms with van der Waals surface area (Å²) >= 11 is 1.21. The summed E-state index contributed by atoms with van der Waals surface area (Å²) in [6, 6.07) is 17.2. The summed E-state index contributed by atoms with van der Waals surface area (Å²) in [5.74, 6) is -0.400. The molecule has 10 heteroatoms. The fourth-order valence-electron chi connectivity index (χ4n) is 3.13. The lowest BCUT2D eigenvalue weighted by Crippen LogP contribution is -2.20. The molecule has 0 saturated carbocycles. The third-order valence-electron chi connectivity index (χ3n) is 4.70. The SMILES string of the molecule is CNC(=O)c1cc(NC(=O)CSc2nnc(-c3ccco3)n2Cc2ccccc2)ccc1F. The molecular weight excluding hydrogens is 445 g/mol. The highest BCUT2D eigenvalue weighted by molar-refractivity contribution is 7.99. The van der Waals surface area contributed by atoms with E-state index in [0.717, 1.165) is 11.6 Å². The number of halogens is 1. The summed E-state index contributed by atoms with van der Waals surface area (Å²) in [5, 5.41) is 14.1. The van der Waals surface area contributed by atoms with Crippen LogP contribution in [0.1, 0.15) is 15.9 Å². The lowest BCUT2D eigenvalue weighted by atomic mass is 10.1. The number of thioether (sulfide) groups is 1. The number of hydrogen-bond acceptors (Lipinski definition) is 6. The quantitative estimate of drug-likeness (QED) is 0.384. The zero-order valence-corrected chi connectivity index (χ0v) is 18.4. The molecule has 4 aromatic rings. The van der Waals surface area contributed by atoms with Crippen molar-refractivity contribution in [2.45, 2.75) is 11.7 Å². The standard InChI is InChI=1S/C23H20FN5O3S/c1-25-22(31)17-12-16(9-10-18(17)24)26-20(30)14-33-23-28-27-21(19-8-5-11-32-19)29(23)13-15-6-3-2-4-7-15/h2-12H,13-14H2,1H3,(H,25,31)(H,26,30). The normalized spacial score (nSPS) is 10.7. The second kappa shape index (κ2) is 10.1. The van der Waals surface area contributed by atoms with Crippen LogP contribution in [-0.4, -0.2) is 39.4 Å². The molecule has 4 rings (SSSR count). The number of carbonyl (C=O) groups is 2. The fraction of sp³-hybridized carbons (Fsp3) is 0.130. The first-order valence-electron chi connectivity index (χ1n) is 10.0. The number of anilines is 1. The van der Waals surface area contributed by atoms with Gasteiger partial charge >= 0.3 is 0 Å². The molecular formula is C23H20FN5O3S. The highest BCUT2D eigenvalue weighted by atomic mass is 32.2. The van der Waals surface area contributed by atoms with Crippen LogP contribution >= 0.6 is 11.8 Å². The van der Waals surface area contributed by atoms with E-state index in [-0.39, 0.29) is 17.2 Å². The maximum absolute atomic E-state index is 13.9. The molecule has 0 aliphatic heterocycles. The molecule has 0 bridgehead atoms. The molecule has 0 aliphatic carbocycles. The van der Waals surface area contributed by atoms with Crippen LogP contribution in [0.2, 0.25) is 0 Å². The Bertz CT molecular complexity index is 1260. The zero-order chi connectivity index (χ0) is 23.2. The highest BCUT2D eigenvalue weighted by Gasteiger charge is 2.18. The number of furan rings is 1. The molecule has 2 aromatic carbocycles. The second-order valence-electron chi connectivity index (χ2n) is 6.97. The van der Waals surface area contributed by atoms with E-state index >= 15 is 0 Å². The monoisotopic (exact) mass is 465 g/mol. The Morgan fingerprint density at radius 3 is 2.64 bits per heavy atom. The number of aromatic nitrogens is 3. The van der Waals surface area contributed by atoms with Crippen LogP contribution in [0, 0.1) is 5.82 Å². The van der Waals surface area contributed by atoms with E-state index in [9.17, 15) is 14.0 Å². The summed E-state index contributed by atoms with van der Waals surface area (Å²) in [6.45, 7) is 0.501. The van der Waals surface area contributed by atoms with Crippen molar-refractivity contribution in [1.29, 1.82) is 0 Å². The van der Waals surface area contributed by atoms with Gasteiger partial charge in [-0.25, -0.2) is 4.39 Å². The van der Waals surface area contributed by atoms with Gasteiger partial charge in [-0.2, -0.15) is 0 Å². The number of nitrogens with one attached hydrogen (secondary N) is 2. The number of rotatable bonds is 8. The Labute approximate surface area is 193 Å². The predicted molar refractivity (Wildman–Crippen MR) is 122 cm³/mol. The van der Waals surface area contributed by atoms with E-state index in [1.165, 1.54) is 30.9 Å². The first kappa shape index (κ1) is 22.3. The third kappa shape index (κ3) is 5.29. The van der Waals surface area contributed by atoms with Gasteiger partial charge in [0.05, 0.1) is 24.1 Å². The van der Waals surface area contributed by atoms with Crippen LogP contribution in [0.3, 0.4) is 0 Å². The number of hydrogen-bond donors (Lipinski definition) is 2. The van der Waals surface area contributed by atoms with Crippen molar-refractivity contribution >= 4 is 29.3 Å². The number of amides is 2. The number of benzene rings is 2. The maximum Gasteiger partial charge on any atom is 0.254 e. The first-order valence-corrected chi connectivity index (χ1v) is 11.0. The maximum atomic E-state index is 13.9. The van der Waals surface area contributed by atoms with Gasteiger partial charge in [-0.3, -0.25) is 14.2 Å². The minimum absolute atomic E-state index is 0.0394. The molecule has 0 spiro atoms. The van der Waals surface area contributed by atoms with E-state index in [4.69, 9.17) is 4.42 Å². The summed E-state index contributed by atoms with van der Waals surface area (Å²) in [5.41, 5.74) is 1.22. The van der Waals surface area contributed by atoms with Gasteiger partial charge in [-0.05, 0) is 35.9 Å². The lowest BCUT2D eigenvalue weighted by Gasteiger charge is -2.10. The van der Waals surface area contributed by atoms with Crippen molar-refractivity contribution in [2.24, 2.45) is 0 Å². The van der Waals surface area contributed by atoms with Gasteiger partial charge in [0.1, 0.15) is 5.82 Å². The summed E-state index contributed by atoms with van der Waals surface area (Å²) in [6.07, 6.45) is 1.56. The van der Waals surface area contributed by atoms with Crippen LogP contribution in [0.5, 0.6) is 0 Å². The van der Waals surface area contributed by atoms with Crippen molar-refractivity contribution in [3.63, 3.8) is 0 Å². The van der Waals surface area contributed by atoms with Crippen LogP contribution in [0.25, 0.3) is 11.6 Å². The molecule has 0 atom stereocenters. The number of carbonyl (C=O) groups excluding carboxylic acids is 2. The Balaban J connectivity index is 1.49. The van der Waals surface area contributed by atoms with E-state index in [2.05, 4.69) is 20.8 Å². The smallest absolute Gasteiger partial charge is 0.254 e. The molecule has 0 aliphatic rings. The molecule has 0 fully saturated rings. The van der Waals surface area contributed by atoms with Crippen molar-refractivity contribution in [3.05, 3.63) is 83.9 Å². The minimum Gasteiger partial charge on any atom is -0.461 e. The van der Waals surface area contributed by atoms with Gasteiger partial charge in [0.2, 0.25) is 11.7 Å². The topological polar surface area (TPSA) is 102 Å². The Morgan fingerprint density at radius 1 is 1.09 bits per heavy atom. The fourth-order valence-corrected chi connectivity index (χ4v) is 3.87. The molecule has 8 nitrogen and oxygen atoms in total. The lowest BCUT2D eigenvalue weighted by molar-refractivity contribution is -0.113. The van der Waals surface area contributed by atoms with Crippen molar-refractivity contribution in [3.8, 4) is 11.6 Å². The van der Waals surface area contributed by atoms with Crippen LogP contribution in [-0.2, 0) is 11.3 Å². The van der Waals surface area contributed by atoms with E-state index in [0.29, 0.717) is 29.0 Å². The molecule has 2 aromatic heterocycles. The van der Waals surface area contributed by atoms with Crippen LogP contribution < -0.4 is 10.6 Å². The van der Waals surface area contributed by atoms with Gasteiger partial charge in [0.15, 0.2) is 10.9 Å². The first-order chi connectivity index (χ1) is 16.0. The summed E-state index contributed by atoms with van der Waals surface area (Å²) < 4.78 is 21.2. The Morgan fingerprint density at radius 2 is 1.91 bits per heavy atom. The van der Waals surface area contributed by atoms with Crippen molar-refractivity contribution in [1.82, 2.24) is 20.1 Å². The highest BCUT2D eigenvalue weighted by Crippen LogP contribution is 2.26. The Hall–Kier alpha value is -3.92.